The number of hydrogen-bond acceptors (Lipinski definition) is 5. The molecule has 2 rings (SSSR count). The highest BCUT2D eigenvalue weighted by Gasteiger charge is 2.26. The van der Waals surface area contributed by atoms with Gasteiger partial charge in [0.05, 0.1) is 26.0 Å². The van der Waals surface area contributed by atoms with Gasteiger partial charge in [0, 0.05) is 30.6 Å². The predicted octanol–water partition coefficient (Wildman–Crippen LogP) is 1.98. The number of methoxy groups -OCH3 is 1. The summed E-state index contributed by atoms with van der Waals surface area (Å²) < 4.78 is 5.38. The lowest BCUT2D eigenvalue weighted by Gasteiger charge is -2.33. The highest BCUT2D eigenvalue weighted by atomic mass is 16.5. The number of nitrogens with zero attached hydrogens (tertiary/aromatic N) is 2. The SMILES string of the molecule is COc1cccc2c(N(C)CC(C)(CO)CO)c(C)cnc12. The van der Waals surface area contributed by atoms with Gasteiger partial charge >= 0.3 is 0 Å². The van der Waals surface area contributed by atoms with Gasteiger partial charge in [-0.05, 0) is 18.6 Å². The molecule has 5 nitrogen and oxygen atoms in total. The van der Waals surface area contributed by atoms with E-state index in [4.69, 9.17) is 4.74 Å². The fourth-order valence-corrected chi connectivity index (χ4v) is 2.75. The first-order valence-corrected chi connectivity index (χ1v) is 7.31. The normalized spacial score (nSPS) is 11.7. The lowest BCUT2D eigenvalue weighted by molar-refractivity contribution is 0.0763. The van der Waals surface area contributed by atoms with Crippen molar-refractivity contribution in [1.29, 1.82) is 0 Å². The van der Waals surface area contributed by atoms with Crippen LogP contribution in [0.2, 0.25) is 0 Å². The van der Waals surface area contributed by atoms with Gasteiger partial charge in [0.1, 0.15) is 11.3 Å². The smallest absolute Gasteiger partial charge is 0.145 e. The Bertz CT molecular complexity index is 654. The van der Waals surface area contributed by atoms with E-state index in [1.54, 1.807) is 7.11 Å². The Morgan fingerprint density at radius 3 is 2.55 bits per heavy atom. The average molecular weight is 304 g/mol. The van der Waals surface area contributed by atoms with E-state index in [2.05, 4.69) is 9.88 Å². The minimum Gasteiger partial charge on any atom is -0.494 e. The highest BCUT2D eigenvalue weighted by molar-refractivity contribution is 5.96. The molecule has 1 aromatic carbocycles. The zero-order chi connectivity index (χ0) is 16.3. The molecule has 22 heavy (non-hydrogen) atoms. The van der Waals surface area contributed by atoms with E-state index in [1.807, 2.05) is 45.3 Å². The van der Waals surface area contributed by atoms with E-state index in [0.29, 0.717) is 6.54 Å². The minimum absolute atomic E-state index is 0.0702. The number of aryl methyl sites for hydroxylation is 1. The van der Waals surface area contributed by atoms with Crippen LogP contribution in [0.15, 0.2) is 24.4 Å². The molecule has 5 heteroatoms. The van der Waals surface area contributed by atoms with Crippen molar-refractivity contribution in [2.75, 3.05) is 38.8 Å². The Labute approximate surface area is 131 Å². The van der Waals surface area contributed by atoms with Crippen LogP contribution in [0.25, 0.3) is 10.9 Å². The van der Waals surface area contributed by atoms with Crippen LogP contribution in [0.4, 0.5) is 5.69 Å². The first kappa shape index (κ1) is 16.5. The number of pyridine rings is 1. The zero-order valence-corrected chi connectivity index (χ0v) is 13.6. The summed E-state index contributed by atoms with van der Waals surface area (Å²) in [5, 5.41) is 20.1. The molecule has 0 saturated carbocycles. The van der Waals surface area contributed by atoms with Crippen molar-refractivity contribution in [2.45, 2.75) is 13.8 Å². The molecule has 1 aromatic heterocycles. The standard InChI is InChI=1S/C17H24N2O3/c1-12-8-18-15-13(6-5-7-14(15)22-4)16(12)19(3)9-17(2,10-20)11-21/h5-8,20-21H,9-11H2,1-4H3. The van der Waals surface area contributed by atoms with Crippen molar-refractivity contribution in [1.82, 2.24) is 4.98 Å². The zero-order valence-electron chi connectivity index (χ0n) is 13.6. The second kappa shape index (κ2) is 6.50. The Hall–Kier alpha value is -1.85. The Morgan fingerprint density at radius 2 is 1.95 bits per heavy atom. The molecule has 2 N–H and O–H groups in total. The number of rotatable bonds is 6. The summed E-state index contributed by atoms with van der Waals surface area (Å²) >= 11 is 0. The van der Waals surface area contributed by atoms with Gasteiger partial charge < -0.3 is 19.8 Å². The van der Waals surface area contributed by atoms with Crippen molar-refractivity contribution >= 4 is 16.6 Å². The molecule has 0 radical (unpaired) electrons. The first-order valence-electron chi connectivity index (χ1n) is 7.31. The maximum atomic E-state index is 9.53. The molecule has 0 atom stereocenters. The molecular formula is C17H24N2O3. The molecule has 0 amide bonds. The van der Waals surface area contributed by atoms with Crippen molar-refractivity contribution < 1.29 is 14.9 Å². The third-order valence-corrected chi connectivity index (χ3v) is 4.00. The number of aliphatic hydroxyl groups excluding tert-OH is 2. The molecule has 0 unspecified atom stereocenters. The molecule has 0 aliphatic carbocycles. The molecule has 0 aliphatic rings. The van der Waals surface area contributed by atoms with Gasteiger partial charge in [-0.25, -0.2) is 0 Å². The topological polar surface area (TPSA) is 65.8 Å². The maximum Gasteiger partial charge on any atom is 0.145 e. The number of para-hydroxylation sites is 1. The lowest BCUT2D eigenvalue weighted by atomic mass is 9.92. The number of aliphatic hydroxyl groups is 2. The van der Waals surface area contributed by atoms with Gasteiger partial charge in [-0.15, -0.1) is 0 Å². The number of hydrogen-bond donors (Lipinski definition) is 2. The van der Waals surface area contributed by atoms with Crippen LogP contribution in [0, 0.1) is 12.3 Å². The monoisotopic (exact) mass is 304 g/mol. The van der Waals surface area contributed by atoms with Crippen molar-refractivity contribution in [3.63, 3.8) is 0 Å². The van der Waals surface area contributed by atoms with Crippen LogP contribution in [0.1, 0.15) is 12.5 Å². The van der Waals surface area contributed by atoms with Crippen LogP contribution < -0.4 is 9.64 Å². The summed E-state index contributed by atoms with van der Waals surface area (Å²) in [6, 6.07) is 5.84. The second-order valence-corrected chi connectivity index (χ2v) is 6.13. The second-order valence-electron chi connectivity index (χ2n) is 6.13. The first-order chi connectivity index (χ1) is 10.5. The van der Waals surface area contributed by atoms with Gasteiger partial charge in [-0.3, -0.25) is 4.98 Å². The van der Waals surface area contributed by atoms with E-state index >= 15 is 0 Å². The Kier molecular flexibility index (Phi) is 4.88. The number of fused-ring (bicyclic) bond motifs is 1. The summed E-state index contributed by atoms with van der Waals surface area (Å²) in [4.78, 5) is 6.54. The van der Waals surface area contributed by atoms with Crippen LogP contribution in [-0.4, -0.2) is 49.1 Å². The van der Waals surface area contributed by atoms with Crippen LogP contribution >= 0.6 is 0 Å². The number of ether oxygens (including phenoxy) is 1. The molecule has 0 fully saturated rings. The average Bonchev–Trinajstić information content (AvgIpc) is 2.53. The van der Waals surface area contributed by atoms with Gasteiger partial charge in [0.2, 0.25) is 0 Å². The van der Waals surface area contributed by atoms with E-state index < -0.39 is 5.41 Å². The lowest BCUT2D eigenvalue weighted by Crippen LogP contribution is -2.39. The highest BCUT2D eigenvalue weighted by Crippen LogP contribution is 2.34. The summed E-state index contributed by atoms with van der Waals surface area (Å²) in [5.41, 5.74) is 2.33. The molecule has 120 valence electrons. The predicted molar refractivity (Wildman–Crippen MR) is 88.6 cm³/mol. The van der Waals surface area contributed by atoms with E-state index in [0.717, 1.165) is 27.9 Å². The summed E-state index contributed by atoms with van der Waals surface area (Å²) in [5.74, 6) is 0.735. The molecule has 1 heterocycles. The van der Waals surface area contributed by atoms with Crippen molar-refractivity contribution in [3.05, 3.63) is 30.0 Å². The van der Waals surface area contributed by atoms with Gasteiger partial charge in [-0.1, -0.05) is 19.1 Å². The fourth-order valence-electron chi connectivity index (χ4n) is 2.75. The third kappa shape index (κ3) is 3.00. The molecule has 0 saturated heterocycles. The van der Waals surface area contributed by atoms with Crippen molar-refractivity contribution in [3.8, 4) is 5.75 Å². The molecule has 0 spiro atoms. The summed E-state index contributed by atoms with van der Waals surface area (Å²) in [6.07, 6.45) is 1.83. The maximum absolute atomic E-state index is 9.53. The quantitative estimate of drug-likeness (QED) is 0.854. The molecule has 0 aliphatic heterocycles. The van der Waals surface area contributed by atoms with Gasteiger partial charge in [0.25, 0.3) is 0 Å². The number of benzene rings is 1. The number of anilines is 1. The third-order valence-electron chi connectivity index (χ3n) is 4.00. The Balaban J connectivity index is 2.52. The van der Waals surface area contributed by atoms with E-state index in [9.17, 15) is 10.2 Å². The van der Waals surface area contributed by atoms with Crippen LogP contribution in [0.3, 0.4) is 0 Å². The number of aromatic nitrogens is 1. The van der Waals surface area contributed by atoms with Gasteiger partial charge in [0.15, 0.2) is 0 Å². The summed E-state index contributed by atoms with van der Waals surface area (Å²) in [7, 11) is 3.60. The van der Waals surface area contributed by atoms with E-state index in [1.165, 1.54) is 0 Å². The minimum atomic E-state index is -0.560. The fraction of sp³-hybridized carbons (Fsp3) is 0.471. The van der Waals surface area contributed by atoms with E-state index in [-0.39, 0.29) is 13.2 Å². The van der Waals surface area contributed by atoms with Crippen LogP contribution in [-0.2, 0) is 0 Å². The molecule has 2 aromatic rings. The molecule has 0 bridgehead atoms. The van der Waals surface area contributed by atoms with Gasteiger partial charge in [-0.2, -0.15) is 0 Å². The van der Waals surface area contributed by atoms with Crippen LogP contribution in [0.5, 0.6) is 5.75 Å². The Morgan fingerprint density at radius 1 is 1.27 bits per heavy atom. The van der Waals surface area contributed by atoms with Crippen molar-refractivity contribution in [2.24, 2.45) is 5.41 Å². The largest absolute Gasteiger partial charge is 0.494 e. The summed E-state index contributed by atoms with van der Waals surface area (Å²) in [6.45, 7) is 4.27. The molecular weight excluding hydrogens is 280 g/mol.